The Morgan fingerprint density at radius 1 is 1.21 bits per heavy atom. The molecule has 0 atom stereocenters. The molecule has 0 radical (unpaired) electrons. The topological polar surface area (TPSA) is 67.0 Å². The molecular formula is C24H25N3O2. The number of hydrogen-bond acceptors (Lipinski definition) is 3. The summed E-state index contributed by atoms with van der Waals surface area (Å²) in [6.07, 6.45) is 7.48. The van der Waals surface area contributed by atoms with Gasteiger partial charge in [-0.1, -0.05) is 25.0 Å². The Balaban J connectivity index is 1.54. The molecule has 1 fully saturated rings. The molecule has 2 aromatic carbocycles. The third kappa shape index (κ3) is 4.27. The summed E-state index contributed by atoms with van der Waals surface area (Å²) < 4.78 is 7.60. The third-order valence-corrected chi connectivity index (χ3v) is 5.76. The van der Waals surface area contributed by atoms with E-state index in [9.17, 15) is 4.79 Å². The number of benzene rings is 2. The van der Waals surface area contributed by atoms with Crippen LogP contribution < -0.4 is 10.1 Å². The molecule has 1 aliphatic rings. The molecule has 148 valence electrons. The Kier molecular flexibility index (Phi) is 5.53. The number of anilines is 1. The summed E-state index contributed by atoms with van der Waals surface area (Å²) in [5, 5.41) is 13.3. The van der Waals surface area contributed by atoms with Gasteiger partial charge in [0, 0.05) is 23.9 Å². The van der Waals surface area contributed by atoms with Gasteiger partial charge >= 0.3 is 0 Å². The maximum absolute atomic E-state index is 12.4. The monoisotopic (exact) mass is 387 g/mol. The van der Waals surface area contributed by atoms with Gasteiger partial charge in [-0.2, -0.15) is 5.26 Å². The van der Waals surface area contributed by atoms with Crippen molar-refractivity contribution in [3.05, 3.63) is 59.8 Å². The van der Waals surface area contributed by atoms with Crippen molar-refractivity contribution < 1.29 is 9.53 Å². The van der Waals surface area contributed by atoms with Crippen LogP contribution >= 0.6 is 0 Å². The maximum Gasteiger partial charge on any atom is 0.224 e. The number of nitrogens with one attached hydrogen (secondary N) is 1. The van der Waals surface area contributed by atoms with Crippen LogP contribution in [0, 0.1) is 17.2 Å². The molecule has 0 unspecified atom stereocenters. The molecule has 5 nitrogen and oxygen atoms in total. The van der Waals surface area contributed by atoms with E-state index in [-0.39, 0.29) is 5.91 Å². The van der Waals surface area contributed by atoms with Gasteiger partial charge in [0.05, 0.1) is 30.8 Å². The van der Waals surface area contributed by atoms with Gasteiger partial charge in [0.2, 0.25) is 5.91 Å². The highest BCUT2D eigenvalue weighted by Crippen LogP contribution is 2.29. The average Bonchev–Trinajstić information content (AvgIpc) is 3.38. The first-order valence-electron chi connectivity index (χ1n) is 10.1. The summed E-state index contributed by atoms with van der Waals surface area (Å²) in [6, 6.07) is 15.7. The second-order valence-corrected chi connectivity index (χ2v) is 7.76. The molecule has 1 aliphatic carbocycles. The Morgan fingerprint density at radius 3 is 2.79 bits per heavy atom. The van der Waals surface area contributed by atoms with Crippen molar-refractivity contribution in [3.8, 4) is 11.8 Å². The number of nitriles is 1. The first kappa shape index (κ1) is 19.1. The van der Waals surface area contributed by atoms with E-state index in [1.165, 1.54) is 25.7 Å². The van der Waals surface area contributed by atoms with Crippen LogP contribution in [0.25, 0.3) is 10.9 Å². The van der Waals surface area contributed by atoms with Crippen LogP contribution in [0.1, 0.15) is 43.2 Å². The fourth-order valence-electron chi connectivity index (χ4n) is 4.22. The summed E-state index contributed by atoms with van der Waals surface area (Å²) >= 11 is 0. The van der Waals surface area contributed by atoms with E-state index < -0.39 is 0 Å². The molecule has 3 aromatic rings. The van der Waals surface area contributed by atoms with Crippen molar-refractivity contribution in [2.24, 2.45) is 5.92 Å². The quantitative estimate of drug-likeness (QED) is 0.641. The number of rotatable bonds is 6. The number of ether oxygens (including phenoxy) is 1. The fourth-order valence-corrected chi connectivity index (χ4v) is 4.22. The van der Waals surface area contributed by atoms with E-state index in [0.29, 0.717) is 30.2 Å². The van der Waals surface area contributed by atoms with Crippen molar-refractivity contribution >= 4 is 22.5 Å². The van der Waals surface area contributed by atoms with E-state index in [0.717, 1.165) is 22.2 Å². The molecule has 1 N–H and O–H groups in total. The van der Waals surface area contributed by atoms with E-state index in [2.05, 4.69) is 22.0 Å². The molecule has 0 spiro atoms. The van der Waals surface area contributed by atoms with E-state index in [1.807, 2.05) is 30.5 Å². The first-order valence-corrected chi connectivity index (χ1v) is 10.1. The zero-order valence-corrected chi connectivity index (χ0v) is 16.6. The van der Waals surface area contributed by atoms with Crippen LogP contribution in [-0.4, -0.2) is 17.6 Å². The molecular weight excluding hydrogens is 362 g/mol. The Morgan fingerprint density at radius 2 is 2.03 bits per heavy atom. The molecule has 1 amide bonds. The van der Waals surface area contributed by atoms with Gasteiger partial charge in [0.1, 0.15) is 5.75 Å². The van der Waals surface area contributed by atoms with Gasteiger partial charge in [0.15, 0.2) is 0 Å². The van der Waals surface area contributed by atoms with Crippen LogP contribution in [0.15, 0.2) is 48.7 Å². The molecule has 1 heterocycles. The largest absolute Gasteiger partial charge is 0.496 e. The van der Waals surface area contributed by atoms with Gasteiger partial charge in [0.25, 0.3) is 0 Å². The fraction of sp³-hybridized carbons (Fsp3) is 0.333. The SMILES string of the molecule is COc1cc(C#N)ccc1Cn1ccc2ccc(NC(=O)CC3CCCC3)cc21. The molecule has 29 heavy (non-hydrogen) atoms. The summed E-state index contributed by atoms with van der Waals surface area (Å²) in [7, 11) is 1.62. The molecule has 1 aromatic heterocycles. The Bertz CT molecular complexity index is 1070. The van der Waals surface area contributed by atoms with Crippen molar-refractivity contribution in [1.29, 1.82) is 5.26 Å². The minimum absolute atomic E-state index is 0.100. The highest BCUT2D eigenvalue weighted by Gasteiger charge is 2.18. The standard InChI is InChI=1S/C24H25N3O2/c1-29-23-12-18(15-25)6-7-20(23)16-27-11-10-19-8-9-21(14-22(19)27)26-24(28)13-17-4-2-3-5-17/h6-12,14,17H,2-5,13,16H2,1H3,(H,26,28). The number of methoxy groups -OCH3 is 1. The summed E-state index contributed by atoms with van der Waals surface area (Å²) in [5.41, 5.74) is 3.46. The summed E-state index contributed by atoms with van der Waals surface area (Å²) in [5.74, 6) is 1.33. The van der Waals surface area contributed by atoms with Gasteiger partial charge in [-0.3, -0.25) is 4.79 Å². The van der Waals surface area contributed by atoms with Crippen LogP contribution in [0.4, 0.5) is 5.69 Å². The van der Waals surface area contributed by atoms with Crippen molar-refractivity contribution in [2.45, 2.75) is 38.6 Å². The number of aromatic nitrogens is 1. The predicted molar refractivity (Wildman–Crippen MR) is 114 cm³/mol. The number of hydrogen-bond donors (Lipinski definition) is 1. The predicted octanol–water partition coefficient (Wildman–Crippen LogP) is 5.09. The highest BCUT2D eigenvalue weighted by molar-refractivity contribution is 5.94. The zero-order chi connectivity index (χ0) is 20.2. The smallest absolute Gasteiger partial charge is 0.224 e. The average molecular weight is 387 g/mol. The third-order valence-electron chi connectivity index (χ3n) is 5.76. The molecule has 5 heteroatoms. The normalized spacial score (nSPS) is 14.1. The first-order chi connectivity index (χ1) is 14.2. The lowest BCUT2D eigenvalue weighted by molar-refractivity contribution is -0.117. The van der Waals surface area contributed by atoms with Gasteiger partial charge in [-0.05, 0) is 54.5 Å². The molecule has 1 saturated carbocycles. The number of amides is 1. The summed E-state index contributed by atoms with van der Waals surface area (Å²) in [4.78, 5) is 12.4. The minimum Gasteiger partial charge on any atom is -0.496 e. The zero-order valence-electron chi connectivity index (χ0n) is 16.6. The second kappa shape index (κ2) is 8.40. The lowest BCUT2D eigenvalue weighted by Gasteiger charge is -2.12. The van der Waals surface area contributed by atoms with Crippen LogP contribution in [0.5, 0.6) is 5.75 Å². The molecule has 0 aliphatic heterocycles. The van der Waals surface area contributed by atoms with Crippen molar-refractivity contribution in [3.63, 3.8) is 0 Å². The van der Waals surface area contributed by atoms with Gasteiger partial charge < -0.3 is 14.6 Å². The van der Waals surface area contributed by atoms with Crippen molar-refractivity contribution in [1.82, 2.24) is 4.57 Å². The number of carbonyl (C=O) groups is 1. The van der Waals surface area contributed by atoms with E-state index in [4.69, 9.17) is 10.00 Å². The second-order valence-electron chi connectivity index (χ2n) is 7.76. The van der Waals surface area contributed by atoms with E-state index >= 15 is 0 Å². The number of nitrogens with zero attached hydrogens (tertiary/aromatic N) is 2. The van der Waals surface area contributed by atoms with Gasteiger partial charge in [-0.15, -0.1) is 0 Å². The lowest BCUT2D eigenvalue weighted by Crippen LogP contribution is -2.15. The summed E-state index contributed by atoms with van der Waals surface area (Å²) in [6.45, 7) is 0.623. The van der Waals surface area contributed by atoms with Gasteiger partial charge in [-0.25, -0.2) is 0 Å². The van der Waals surface area contributed by atoms with Crippen molar-refractivity contribution in [2.75, 3.05) is 12.4 Å². The Labute approximate surface area is 170 Å². The van der Waals surface area contributed by atoms with Crippen LogP contribution in [-0.2, 0) is 11.3 Å². The lowest BCUT2D eigenvalue weighted by atomic mass is 10.0. The minimum atomic E-state index is 0.100. The van der Waals surface area contributed by atoms with E-state index in [1.54, 1.807) is 19.2 Å². The van der Waals surface area contributed by atoms with Crippen LogP contribution in [0.3, 0.4) is 0 Å². The Hall–Kier alpha value is -3.26. The number of carbonyl (C=O) groups excluding carboxylic acids is 1. The molecule has 4 rings (SSSR count). The molecule has 0 saturated heterocycles. The maximum atomic E-state index is 12.4. The number of fused-ring (bicyclic) bond motifs is 1. The molecule has 0 bridgehead atoms. The highest BCUT2D eigenvalue weighted by atomic mass is 16.5. The van der Waals surface area contributed by atoms with Crippen LogP contribution in [0.2, 0.25) is 0 Å².